The summed E-state index contributed by atoms with van der Waals surface area (Å²) in [7, 11) is 0. The van der Waals surface area contributed by atoms with Gasteiger partial charge in [-0.1, -0.05) is 18.2 Å². The maximum Gasteiger partial charge on any atom is 0.242 e. The fourth-order valence-corrected chi connectivity index (χ4v) is 1.98. The van der Waals surface area contributed by atoms with Gasteiger partial charge in [-0.15, -0.1) is 5.10 Å². The van der Waals surface area contributed by atoms with E-state index in [2.05, 4.69) is 16.3 Å². The number of benzene rings is 1. The van der Waals surface area contributed by atoms with Crippen molar-refractivity contribution in [1.82, 2.24) is 10.2 Å². The largest absolute Gasteiger partial charge is 0.437 e. The molecule has 0 atom stereocenters. The summed E-state index contributed by atoms with van der Waals surface area (Å²) in [5, 5.41) is 8.14. The summed E-state index contributed by atoms with van der Waals surface area (Å²) in [6.07, 6.45) is 1.96. The minimum absolute atomic E-state index is 0.649. The minimum Gasteiger partial charge on any atom is -0.437 e. The maximum atomic E-state index is 5.78. The lowest BCUT2D eigenvalue weighted by atomic mass is 10.1. The molecule has 1 aromatic carbocycles. The van der Waals surface area contributed by atoms with E-state index in [-0.39, 0.29) is 0 Å². The summed E-state index contributed by atoms with van der Waals surface area (Å²) >= 11 is 0. The third-order valence-corrected chi connectivity index (χ3v) is 2.80. The van der Waals surface area contributed by atoms with Crippen LogP contribution in [0.15, 0.2) is 30.3 Å². The molecule has 1 aromatic heterocycles. The summed E-state index contributed by atoms with van der Waals surface area (Å²) in [4.78, 5) is 0. The second-order valence-corrected chi connectivity index (χ2v) is 4.03. The van der Waals surface area contributed by atoms with Crippen LogP contribution in [0.1, 0.15) is 16.8 Å². The number of ether oxygens (including phenoxy) is 1. The van der Waals surface area contributed by atoms with E-state index in [1.807, 2.05) is 31.2 Å². The van der Waals surface area contributed by atoms with Crippen molar-refractivity contribution in [1.29, 1.82) is 0 Å². The molecule has 0 N–H and O–H groups in total. The molecule has 0 bridgehead atoms. The number of rotatable bonds is 0. The number of aryl methyl sites for hydroxylation is 3. The Morgan fingerprint density at radius 2 is 1.88 bits per heavy atom. The van der Waals surface area contributed by atoms with Crippen molar-refractivity contribution in [3.63, 3.8) is 0 Å². The second-order valence-electron chi connectivity index (χ2n) is 4.03. The minimum atomic E-state index is 0.649. The zero-order valence-corrected chi connectivity index (χ0v) is 9.10. The normalized spacial score (nSPS) is 13.3. The molecular weight excluding hydrogens is 200 g/mol. The smallest absolute Gasteiger partial charge is 0.242 e. The molecule has 0 saturated heterocycles. The molecule has 0 amide bonds. The number of fused-ring (bicyclic) bond motifs is 2. The lowest BCUT2D eigenvalue weighted by molar-refractivity contribution is 0.451. The number of para-hydroxylation sites is 1. The molecule has 1 aliphatic heterocycles. The summed E-state index contributed by atoms with van der Waals surface area (Å²) in [5.74, 6) is 1.55. The quantitative estimate of drug-likeness (QED) is 0.673. The van der Waals surface area contributed by atoms with Crippen LogP contribution in [-0.4, -0.2) is 10.2 Å². The Labute approximate surface area is 94.1 Å². The van der Waals surface area contributed by atoms with Crippen LogP contribution in [0.2, 0.25) is 0 Å². The molecule has 0 radical (unpaired) electrons. The van der Waals surface area contributed by atoms with Crippen LogP contribution >= 0.6 is 0 Å². The summed E-state index contributed by atoms with van der Waals surface area (Å²) in [6, 6.07) is 10.1. The van der Waals surface area contributed by atoms with Crippen molar-refractivity contribution in [2.24, 2.45) is 0 Å². The standard InChI is InChI=1S/C13H12N2O/c1-9-8-11-7-6-10-4-2-3-5-12(10)16-13(11)15-14-9/h2-5,8H,6-7H2,1H3. The zero-order valence-electron chi connectivity index (χ0n) is 9.10. The second kappa shape index (κ2) is 3.59. The molecule has 2 heterocycles. The summed E-state index contributed by atoms with van der Waals surface area (Å²) < 4.78 is 5.78. The molecule has 0 saturated carbocycles. The van der Waals surface area contributed by atoms with Crippen LogP contribution in [0.3, 0.4) is 0 Å². The average molecular weight is 212 g/mol. The predicted molar refractivity (Wildman–Crippen MR) is 60.7 cm³/mol. The van der Waals surface area contributed by atoms with Crippen molar-refractivity contribution in [3.05, 3.63) is 47.2 Å². The first-order chi connectivity index (χ1) is 7.83. The molecule has 1 aliphatic rings. The molecule has 0 unspecified atom stereocenters. The van der Waals surface area contributed by atoms with E-state index < -0.39 is 0 Å². The van der Waals surface area contributed by atoms with Crippen LogP contribution in [-0.2, 0) is 12.8 Å². The fourth-order valence-electron chi connectivity index (χ4n) is 1.98. The maximum absolute atomic E-state index is 5.78. The highest BCUT2D eigenvalue weighted by molar-refractivity contribution is 5.41. The van der Waals surface area contributed by atoms with Crippen molar-refractivity contribution in [2.45, 2.75) is 19.8 Å². The Kier molecular flexibility index (Phi) is 2.10. The van der Waals surface area contributed by atoms with Gasteiger partial charge in [-0.25, -0.2) is 0 Å². The van der Waals surface area contributed by atoms with Gasteiger partial charge < -0.3 is 4.74 Å². The highest BCUT2D eigenvalue weighted by Gasteiger charge is 2.15. The number of nitrogens with zero attached hydrogens (tertiary/aromatic N) is 2. The van der Waals surface area contributed by atoms with Gasteiger partial charge in [0.2, 0.25) is 5.88 Å². The van der Waals surface area contributed by atoms with Gasteiger partial charge in [-0.05, 0) is 37.5 Å². The van der Waals surface area contributed by atoms with Crippen molar-refractivity contribution in [3.8, 4) is 11.6 Å². The van der Waals surface area contributed by atoms with E-state index in [1.165, 1.54) is 5.56 Å². The van der Waals surface area contributed by atoms with Crippen LogP contribution in [0.4, 0.5) is 0 Å². The van der Waals surface area contributed by atoms with Crippen LogP contribution < -0.4 is 4.74 Å². The Morgan fingerprint density at radius 1 is 1.06 bits per heavy atom. The van der Waals surface area contributed by atoms with Gasteiger partial charge >= 0.3 is 0 Å². The summed E-state index contributed by atoms with van der Waals surface area (Å²) in [5.41, 5.74) is 3.31. The first-order valence-corrected chi connectivity index (χ1v) is 5.42. The molecule has 80 valence electrons. The number of aromatic nitrogens is 2. The lowest BCUT2D eigenvalue weighted by Gasteiger charge is -2.06. The van der Waals surface area contributed by atoms with E-state index in [9.17, 15) is 0 Å². The van der Waals surface area contributed by atoms with Gasteiger partial charge in [-0.2, -0.15) is 5.10 Å². The van der Waals surface area contributed by atoms with E-state index in [0.29, 0.717) is 5.88 Å². The van der Waals surface area contributed by atoms with Crippen LogP contribution in [0, 0.1) is 6.92 Å². The topological polar surface area (TPSA) is 35.0 Å². The SMILES string of the molecule is Cc1cc2c(nn1)Oc1ccccc1CC2. The van der Waals surface area contributed by atoms with Gasteiger partial charge in [0.05, 0.1) is 5.69 Å². The number of hydrogen-bond donors (Lipinski definition) is 0. The molecule has 3 rings (SSSR count). The van der Waals surface area contributed by atoms with Crippen molar-refractivity contribution >= 4 is 0 Å². The Hall–Kier alpha value is -1.90. The van der Waals surface area contributed by atoms with Gasteiger partial charge in [0.1, 0.15) is 5.75 Å². The first-order valence-electron chi connectivity index (χ1n) is 5.42. The molecular formula is C13H12N2O. The number of hydrogen-bond acceptors (Lipinski definition) is 3. The van der Waals surface area contributed by atoms with E-state index >= 15 is 0 Å². The summed E-state index contributed by atoms with van der Waals surface area (Å²) in [6.45, 7) is 1.95. The van der Waals surface area contributed by atoms with E-state index in [0.717, 1.165) is 29.8 Å². The molecule has 0 spiro atoms. The monoisotopic (exact) mass is 212 g/mol. The van der Waals surface area contributed by atoms with Gasteiger partial charge in [0.25, 0.3) is 0 Å². The molecule has 2 aromatic rings. The van der Waals surface area contributed by atoms with Crippen LogP contribution in [0.5, 0.6) is 11.6 Å². The zero-order chi connectivity index (χ0) is 11.0. The third-order valence-electron chi connectivity index (χ3n) is 2.80. The highest BCUT2D eigenvalue weighted by atomic mass is 16.5. The van der Waals surface area contributed by atoms with Gasteiger partial charge in [0.15, 0.2) is 0 Å². The fraction of sp³-hybridized carbons (Fsp3) is 0.231. The Bertz CT molecular complexity index is 537. The van der Waals surface area contributed by atoms with Crippen molar-refractivity contribution < 1.29 is 4.74 Å². The Morgan fingerprint density at radius 3 is 2.81 bits per heavy atom. The highest BCUT2D eigenvalue weighted by Crippen LogP contribution is 2.31. The lowest BCUT2D eigenvalue weighted by Crippen LogP contribution is -1.96. The van der Waals surface area contributed by atoms with Crippen molar-refractivity contribution in [2.75, 3.05) is 0 Å². The molecule has 16 heavy (non-hydrogen) atoms. The molecule has 0 aliphatic carbocycles. The van der Waals surface area contributed by atoms with Gasteiger partial charge in [0, 0.05) is 5.56 Å². The molecule has 0 fully saturated rings. The predicted octanol–water partition coefficient (Wildman–Crippen LogP) is 2.68. The average Bonchev–Trinajstić information content (AvgIpc) is 2.48. The van der Waals surface area contributed by atoms with Crippen LogP contribution in [0.25, 0.3) is 0 Å². The van der Waals surface area contributed by atoms with E-state index in [4.69, 9.17) is 4.74 Å². The molecule has 3 nitrogen and oxygen atoms in total. The van der Waals surface area contributed by atoms with E-state index in [1.54, 1.807) is 0 Å². The Balaban J connectivity index is 2.08. The molecule has 3 heteroatoms. The van der Waals surface area contributed by atoms with Gasteiger partial charge in [-0.3, -0.25) is 0 Å². The first kappa shape index (κ1) is 9.33. The third kappa shape index (κ3) is 1.54.